The number of nitriles is 1. The minimum atomic E-state index is -3.06. The maximum Gasteiger partial charge on any atom is 0.224 e. The van der Waals surface area contributed by atoms with Gasteiger partial charge in [-0.3, -0.25) is 9.59 Å². The zero-order valence-corrected chi connectivity index (χ0v) is 15.1. The Bertz CT molecular complexity index is 813. The number of anilines is 1. The van der Waals surface area contributed by atoms with Crippen LogP contribution in [0.15, 0.2) is 24.3 Å². The van der Waals surface area contributed by atoms with E-state index in [0.717, 1.165) is 0 Å². The van der Waals surface area contributed by atoms with E-state index in [4.69, 9.17) is 5.26 Å². The maximum atomic E-state index is 12.4. The summed E-state index contributed by atoms with van der Waals surface area (Å²) in [7, 11) is -1.46. The molecular weight excluding hydrogens is 342 g/mol. The molecule has 0 saturated carbocycles. The molecule has 134 valence electrons. The monoisotopic (exact) mass is 363 g/mol. The molecule has 1 aromatic rings. The average Bonchev–Trinajstić information content (AvgIpc) is 2.94. The standard InChI is InChI=1S/C17H21N3O4S/c1-13(21)20(15-5-3-4-14(10-15)11-18)8-6-17(22)19(2)16-7-9-25(23,24)12-16/h3-5,10,16H,6-9,12H2,1-2H3. The summed E-state index contributed by atoms with van der Waals surface area (Å²) in [4.78, 5) is 27.2. The third-order valence-electron chi connectivity index (χ3n) is 4.37. The summed E-state index contributed by atoms with van der Waals surface area (Å²) in [6.07, 6.45) is 0.536. The van der Waals surface area contributed by atoms with Gasteiger partial charge in [-0.2, -0.15) is 5.26 Å². The second-order valence-electron chi connectivity index (χ2n) is 6.14. The molecule has 0 N–H and O–H groups in total. The summed E-state index contributed by atoms with van der Waals surface area (Å²) >= 11 is 0. The molecule has 0 aromatic heterocycles. The Kier molecular flexibility index (Phi) is 5.80. The number of carbonyl (C=O) groups is 2. The Morgan fingerprint density at radius 2 is 2.08 bits per heavy atom. The van der Waals surface area contributed by atoms with Crippen molar-refractivity contribution in [3.8, 4) is 6.07 Å². The first-order chi connectivity index (χ1) is 11.7. The fourth-order valence-electron chi connectivity index (χ4n) is 2.88. The molecule has 2 rings (SSSR count). The summed E-state index contributed by atoms with van der Waals surface area (Å²) < 4.78 is 23.1. The van der Waals surface area contributed by atoms with Crippen LogP contribution in [0.5, 0.6) is 0 Å². The number of rotatable bonds is 5. The van der Waals surface area contributed by atoms with Crippen molar-refractivity contribution in [2.45, 2.75) is 25.8 Å². The third kappa shape index (κ3) is 4.79. The van der Waals surface area contributed by atoms with Crippen molar-refractivity contribution in [1.82, 2.24) is 4.90 Å². The van der Waals surface area contributed by atoms with Crippen LogP contribution in [-0.4, -0.2) is 56.3 Å². The van der Waals surface area contributed by atoms with Gasteiger partial charge in [-0.1, -0.05) is 6.07 Å². The first-order valence-corrected chi connectivity index (χ1v) is 9.80. The Labute approximate surface area is 147 Å². The summed E-state index contributed by atoms with van der Waals surface area (Å²) in [6.45, 7) is 1.57. The van der Waals surface area contributed by atoms with E-state index in [2.05, 4.69) is 0 Å². The Morgan fingerprint density at radius 3 is 2.64 bits per heavy atom. The second-order valence-corrected chi connectivity index (χ2v) is 8.37. The summed E-state index contributed by atoms with van der Waals surface area (Å²) in [5, 5.41) is 8.97. The molecule has 0 radical (unpaired) electrons. The van der Waals surface area contributed by atoms with Crippen LogP contribution in [0.1, 0.15) is 25.3 Å². The van der Waals surface area contributed by atoms with Gasteiger partial charge in [-0.25, -0.2) is 8.42 Å². The van der Waals surface area contributed by atoms with Gasteiger partial charge in [-0.05, 0) is 24.6 Å². The van der Waals surface area contributed by atoms with Crippen molar-refractivity contribution in [1.29, 1.82) is 5.26 Å². The van der Waals surface area contributed by atoms with Gasteiger partial charge in [0.25, 0.3) is 0 Å². The van der Waals surface area contributed by atoms with Crippen molar-refractivity contribution in [3.63, 3.8) is 0 Å². The third-order valence-corrected chi connectivity index (χ3v) is 6.12. The molecule has 8 heteroatoms. The number of amides is 2. The van der Waals surface area contributed by atoms with E-state index in [0.29, 0.717) is 17.7 Å². The Balaban J connectivity index is 2.02. The van der Waals surface area contributed by atoms with E-state index >= 15 is 0 Å². The van der Waals surface area contributed by atoms with Gasteiger partial charge >= 0.3 is 0 Å². The maximum absolute atomic E-state index is 12.4. The largest absolute Gasteiger partial charge is 0.342 e. The molecule has 1 heterocycles. The summed E-state index contributed by atoms with van der Waals surface area (Å²) in [5.74, 6) is -0.329. The van der Waals surface area contributed by atoms with Crippen LogP contribution in [0.25, 0.3) is 0 Å². The van der Waals surface area contributed by atoms with Gasteiger partial charge < -0.3 is 9.80 Å². The van der Waals surface area contributed by atoms with Crippen molar-refractivity contribution in [2.75, 3.05) is 30.0 Å². The molecule has 0 bridgehead atoms. The number of nitrogens with zero attached hydrogens (tertiary/aromatic N) is 3. The molecule has 2 amide bonds. The van der Waals surface area contributed by atoms with Crippen LogP contribution in [-0.2, 0) is 19.4 Å². The normalized spacial score (nSPS) is 18.4. The van der Waals surface area contributed by atoms with Crippen LogP contribution in [0, 0.1) is 11.3 Å². The van der Waals surface area contributed by atoms with E-state index in [9.17, 15) is 18.0 Å². The van der Waals surface area contributed by atoms with Crippen molar-refractivity contribution >= 4 is 27.3 Å². The molecule has 1 saturated heterocycles. The lowest BCUT2D eigenvalue weighted by Gasteiger charge is -2.26. The minimum Gasteiger partial charge on any atom is -0.342 e. The molecule has 1 fully saturated rings. The van der Waals surface area contributed by atoms with Crippen LogP contribution in [0.2, 0.25) is 0 Å². The highest BCUT2D eigenvalue weighted by atomic mass is 32.2. The highest BCUT2D eigenvalue weighted by Crippen LogP contribution is 2.19. The van der Waals surface area contributed by atoms with E-state index in [1.54, 1.807) is 31.3 Å². The topological polar surface area (TPSA) is 98.6 Å². The number of benzene rings is 1. The van der Waals surface area contributed by atoms with Gasteiger partial charge in [0, 0.05) is 38.7 Å². The van der Waals surface area contributed by atoms with Crippen LogP contribution in [0.3, 0.4) is 0 Å². The van der Waals surface area contributed by atoms with Crippen LogP contribution >= 0.6 is 0 Å². The first-order valence-electron chi connectivity index (χ1n) is 7.98. The lowest BCUT2D eigenvalue weighted by molar-refractivity contribution is -0.131. The molecule has 1 atom stereocenters. The van der Waals surface area contributed by atoms with E-state index in [1.165, 1.54) is 16.7 Å². The highest BCUT2D eigenvalue weighted by molar-refractivity contribution is 7.91. The lowest BCUT2D eigenvalue weighted by Crippen LogP contribution is -2.40. The van der Waals surface area contributed by atoms with Gasteiger partial charge in [0.2, 0.25) is 11.8 Å². The zero-order chi connectivity index (χ0) is 18.6. The quantitative estimate of drug-likeness (QED) is 0.775. The fourth-order valence-corrected chi connectivity index (χ4v) is 4.65. The smallest absolute Gasteiger partial charge is 0.224 e. The molecule has 7 nitrogen and oxygen atoms in total. The van der Waals surface area contributed by atoms with Crippen molar-refractivity contribution < 1.29 is 18.0 Å². The molecule has 1 unspecified atom stereocenters. The van der Waals surface area contributed by atoms with Gasteiger partial charge in [-0.15, -0.1) is 0 Å². The van der Waals surface area contributed by atoms with Gasteiger partial charge in [0.05, 0.1) is 23.1 Å². The zero-order valence-electron chi connectivity index (χ0n) is 14.3. The van der Waals surface area contributed by atoms with E-state index in [-0.39, 0.29) is 42.3 Å². The number of hydrogen-bond acceptors (Lipinski definition) is 5. The van der Waals surface area contributed by atoms with E-state index in [1.807, 2.05) is 6.07 Å². The van der Waals surface area contributed by atoms with Crippen molar-refractivity contribution in [2.24, 2.45) is 0 Å². The molecule has 1 aliphatic heterocycles. The predicted octanol–water partition coefficient (Wildman–Crippen LogP) is 0.947. The molecule has 0 aliphatic carbocycles. The average molecular weight is 363 g/mol. The molecule has 1 aromatic carbocycles. The lowest BCUT2D eigenvalue weighted by atomic mass is 10.2. The number of hydrogen-bond donors (Lipinski definition) is 0. The predicted molar refractivity (Wildman–Crippen MR) is 93.6 cm³/mol. The minimum absolute atomic E-state index is 0.00409. The molecule has 0 spiro atoms. The number of sulfone groups is 1. The summed E-state index contributed by atoms with van der Waals surface area (Å²) in [6, 6.07) is 8.34. The molecule has 25 heavy (non-hydrogen) atoms. The highest BCUT2D eigenvalue weighted by Gasteiger charge is 2.32. The van der Waals surface area contributed by atoms with E-state index < -0.39 is 9.84 Å². The van der Waals surface area contributed by atoms with Gasteiger partial charge in [0.1, 0.15) is 0 Å². The van der Waals surface area contributed by atoms with Gasteiger partial charge in [0.15, 0.2) is 9.84 Å². The molecular formula is C17H21N3O4S. The second kappa shape index (κ2) is 7.66. The first kappa shape index (κ1) is 18.9. The van der Waals surface area contributed by atoms with Crippen molar-refractivity contribution in [3.05, 3.63) is 29.8 Å². The van der Waals surface area contributed by atoms with Crippen LogP contribution in [0.4, 0.5) is 5.69 Å². The Morgan fingerprint density at radius 1 is 1.36 bits per heavy atom. The summed E-state index contributed by atoms with van der Waals surface area (Å²) in [5.41, 5.74) is 0.994. The molecule has 1 aliphatic rings. The Hall–Kier alpha value is -2.40. The fraction of sp³-hybridized carbons (Fsp3) is 0.471. The SMILES string of the molecule is CC(=O)N(CCC(=O)N(C)C1CCS(=O)(=O)C1)c1cccc(C#N)c1. The van der Waals surface area contributed by atoms with Crippen LogP contribution < -0.4 is 4.90 Å². The number of carbonyl (C=O) groups excluding carboxylic acids is 2.